The van der Waals surface area contributed by atoms with Crippen molar-refractivity contribution >= 4 is 12.4 Å². The van der Waals surface area contributed by atoms with Crippen LogP contribution >= 0.6 is 12.4 Å². The Morgan fingerprint density at radius 1 is 1.11 bits per heavy atom. The van der Waals surface area contributed by atoms with E-state index in [9.17, 15) is 5.11 Å². The van der Waals surface area contributed by atoms with Crippen molar-refractivity contribution in [1.29, 1.82) is 0 Å². The van der Waals surface area contributed by atoms with Gasteiger partial charge in [-0.2, -0.15) is 0 Å². The molecule has 0 aromatic heterocycles. The van der Waals surface area contributed by atoms with Gasteiger partial charge in [-0.1, -0.05) is 6.92 Å². The summed E-state index contributed by atoms with van der Waals surface area (Å²) in [7, 11) is 4.65. The second-order valence-corrected chi connectivity index (χ2v) is 3.95. The molecule has 1 aromatic carbocycles. The van der Waals surface area contributed by atoms with Crippen LogP contribution in [0, 0.1) is 0 Å². The van der Waals surface area contributed by atoms with Crippen molar-refractivity contribution in [3.8, 4) is 17.2 Å². The number of hydrogen-bond donors (Lipinski definition) is 2. The molecule has 0 spiro atoms. The summed E-state index contributed by atoms with van der Waals surface area (Å²) in [5.41, 5.74) is 6.69. The summed E-state index contributed by atoms with van der Waals surface area (Å²) in [6.45, 7) is 1.87. The average Bonchev–Trinajstić information content (AvgIpc) is 2.43. The van der Waals surface area contributed by atoms with E-state index in [-0.39, 0.29) is 12.4 Å². The molecule has 110 valence electrons. The molecule has 6 heteroatoms. The van der Waals surface area contributed by atoms with Gasteiger partial charge in [0.1, 0.15) is 17.2 Å². The van der Waals surface area contributed by atoms with Crippen molar-refractivity contribution in [2.45, 2.75) is 25.5 Å². The lowest BCUT2D eigenvalue weighted by Gasteiger charge is -2.23. The molecular formula is C13H22ClNO4. The van der Waals surface area contributed by atoms with Crippen LogP contribution in [0.15, 0.2) is 12.1 Å². The number of aliphatic hydroxyl groups is 1. The molecule has 0 bridgehead atoms. The quantitative estimate of drug-likeness (QED) is 0.837. The summed E-state index contributed by atoms with van der Waals surface area (Å²) in [5, 5.41) is 9.88. The maximum absolute atomic E-state index is 9.88. The molecule has 0 fully saturated rings. The second-order valence-electron chi connectivity index (χ2n) is 3.95. The Morgan fingerprint density at radius 3 is 1.89 bits per heavy atom. The molecule has 0 heterocycles. The van der Waals surface area contributed by atoms with Crippen LogP contribution in [0.4, 0.5) is 0 Å². The van der Waals surface area contributed by atoms with E-state index in [1.54, 1.807) is 33.5 Å². The molecular weight excluding hydrogens is 270 g/mol. The normalized spacial score (nSPS) is 13.2. The van der Waals surface area contributed by atoms with Crippen LogP contribution in [0.3, 0.4) is 0 Å². The molecule has 3 N–H and O–H groups in total. The van der Waals surface area contributed by atoms with Gasteiger partial charge in [0.2, 0.25) is 0 Å². The van der Waals surface area contributed by atoms with Crippen molar-refractivity contribution in [2.75, 3.05) is 21.3 Å². The highest BCUT2D eigenvalue weighted by Crippen LogP contribution is 2.38. The maximum atomic E-state index is 9.88. The van der Waals surface area contributed by atoms with Crippen molar-refractivity contribution in [2.24, 2.45) is 5.73 Å². The molecule has 2 atom stereocenters. The topological polar surface area (TPSA) is 73.9 Å². The first-order valence-electron chi connectivity index (χ1n) is 5.82. The van der Waals surface area contributed by atoms with E-state index in [1.807, 2.05) is 6.92 Å². The van der Waals surface area contributed by atoms with Gasteiger partial charge in [0, 0.05) is 12.1 Å². The zero-order valence-corrected chi connectivity index (χ0v) is 12.5. The monoisotopic (exact) mass is 291 g/mol. The van der Waals surface area contributed by atoms with Crippen LogP contribution in [-0.2, 0) is 0 Å². The van der Waals surface area contributed by atoms with Crippen molar-refractivity contribution in [1.82, 2.24) is 0 Å². The van der Waals surface area contributed by atoms with E-state index < -0.39 is 12.1 Å². The standard InChI is InChI=1S/C13H21NO4.ClH/c1-5-9(15)13(14)12-10(17-3)6-8(16-2)7-11(12)18-4;/h6-7,9,13,15H,5,14H2,1-4H3;1H/t9-,13-;/m1./s1. The molecule has 0 aliphatic carbocycles. The molecule has 19 heavy (non-hydrogen) atoms. The minimum Gasteiger partial charge on any atom is -0.496 e. The number of aliphatic hydroxyl groups excluding tert-OH is 1. The fourth-order valence-electron chi connectivity index (χ4n) is 1.81. The first-order valence-corrected chi connectivity index (χ1v) is 5.82. The largest absolute Gasteiger partial charge is 0.496 e. The van der Waals surface area contributed by atoms with Gasteiger partial charge >= 0.3 is 0 Å². The maximum Gasteiger partial charge on any atom is 0.131 e. The van der Waals surface area contributed by atoms with E-state index >= 15 is 0 Å². The lowest BCUT2D eigenvalue weighted by Crippen LogP contribution is -2.26. The lowest BCUT2D eigenvalue weighted by molar-refractivity contribution is 0.138. The van der Waals surface area contributed by atoms with Crippen LogP contribution in [0.1, 0.15) is 24.9 Å². The Balaban J connectivity index is 0.00000324. The van der Waals surface area contributed by atoms with E-state index in [0.29, 0.717) is 29.2 Å². The third-order valence-electron chi connectivity index (χ3n) is 2.92. The first kappa shape index (κ1) is 17.8. The Hall–Kier alpha value is -1.17. The molecule has 0 radical (unpaired) electrons. The zero-order chi connectivity index (χ0) is 13.7. The Bertz CT molecular complexity index is 375. The minimum atomic E-state index is -0.652. The number of halogens is 1. The van der Waals surface area contributed by atoms with Crippen molar-refractivity contribution < 1.29 is 19.3 Å². The Morgan fingerprint density at radius 2 is 1.58 bits per heavy atom. The third-order valence-corrected chi connectivity index (χ3v) is 2.92. The summed E-state index contributed by atoms with van der Waals surface area (Å²) >= 11 is 0. The lowest BCUT2D eigenvalue weighted by atomic mass is 9.98. The predicted molar refractivity (Wildman–Crippen MR) is 76.6 cm³/mol. The Kier molecular flexibility index (Phi) is 7.59. The van der Waals surface area contributed by atoms with Gasteiger partial charge < -0.3 is 25.1 Å². The summed E-state index contributed by atoms with van der Waals surface area (Å²) < 4.78 is 15.7. The van der Waals surface area contributed by atoms with Crippen LogP contribution in [0.5, 0.6) is 17.2 Å². The van der Waals surface area contributed by atoms with E-state index in [4.69, 9.17) is 19.9 Å². The number of hydrogen-bond acceptors (Lipinski definition) is 5. The number of ether oxygens (including phenoxy) is 3. The Labute approximate surface area is 120 Å². The SMILES string of the molecule is CC[C@@H](O)[C@@H](N)c1c(OC)cc(OC)cc1OC.Cl. The van der Waals surface area contributed by atoms with Gasteiger partial charge in [-0.05, 0) is 6.42 Å². The molecule has 0 unspecified atom stereocenters. The van der Waals surface area contributed by atoms with Gasteiger partial charge in [-0.25, -0.2) is 0 Å². The van der Waals surface area contributed by atoms with E-state index in [1.165, 1.54) is 0 Å². The molecule has 5 nitrogen and oxygen atoms in total. The second kappa shape index (κ2) is 8.09. The number of benzene rings is 1. The summed E-state index contributed by atoms with van der Waals surface area (Å²) in [6.07, 6.45) is -0.0966. The number of methoxy groups -OCH3 is 3. The first-order chi connectivity index (χ1) is 8.58. The molecule has 0 amide bonds. The van der Waals surface area contributed by atoms with Gasteiger partial charge in [0.05, 0.1) is 39.0 Å². The number of rotatable bonds is 6. The van der Waals surface area contributed by atoms with Crippen molar-refractivity contribution in [3.05, 3.63) is 17.7 Å². The van der Waals surface area contributed by atoms with Gasteiger partial charge in [-0.15, -0.1) is 12.4 Å². The van der Waals surface area contributed by atoms with E-state index in [2.05, 4.69) is 0 Å². The van der Waals surface area contributed by atoms with E-state index in [0.717, 1.165) is 0 Å². The van der Waals surface area contributed by atoms with Crippen LogP contribution < -0.4 is 19.9 Å². The highest BCUT2D eigenvalue weighted by Gasteiger charge is 2.24. The fourth-order valence-corrected chi connectivity index (χ4v) is 1.81. The van der Waals surface area contributed by atoms with Gasteiger partial charge in [0.15, 0.2) is 0 Å². The molecule has 1 aromatic rings. The minimum absolute atomic E-state index is 0. The smallest absolute Gasteiger partial charge is 0.131 e. The van der Waals surface area contributed by atoms with Gasteiger partial charge in [-0.3, -0.25) is 0 Å². The third kappa shape index (κ3) is 3.89. The molecule has 1 rings (SSSR count). The molecule has 0 aliphatic heterocycles. The molecule has 0 saturated carbocycles. The zero-order valence-electron chi connectivity index (χ0n) is 11.7. The number of nitrogens with two attached hydrogens (primary N) is 1. The fraction of sp³-hybridized carbons (Fsp3) is 0.538. The summed E-state index contributed by atoms with van der Waals surface area (Å²) in [6, 6.07) is 2.88. The molecule has 0 saturated heterocycles. The van der Waals surface area contributed by atoms with Crippen LogP contribution in [-0.4, -0.2) is 32.5 Å². The highest BCUT2D eigenvalue weighted by molar-refractivity contribution is 5.85. The van der Waals surface area contributed by atoms with Gasteiger partial charge in [0.25, 0.3) is 0 Å². The average molecular weight is 292 g/mol. The summed E-state index contributed by atoms with van der Waals surface area (Å²) in [5.74, 6) is 1.71. The predicted octanol–water partition coefficient (Wildman–Crippen LogP) is 1.90. The summed E-state index contributed by atoms with van der Waals surface area (Å²) in [4.78, 5) is 0. The van der Waals surface area contributed by atoms with Crippen LogP contribution in [0.25, 0.3) is 0 Å². The van der Waals surface area contributed by atoms with Crippen LogP contribution in [0.2, 0.25) is 0 Å². The molecule has 0 aliphatic rings. The highest BCUT2D eigenvalue weighted by atomic mass is 35.5. The van der Waals surface area contributed by atoms with Crippen molar-refractivity contribution in [3.63, 3.8) is 0 Å².